The highest BCUT2D eigenvalue weighted by Crippen LogP contribution is 2.32. The largest absolute Gasteiger partial charge is 0.369 e. The van der Waals surface area contributed by atoms with Crippen LogP contribution in [-0.4, -0.2) is 30.4 Å². The van der Waals surface area contributed by atoms with E-state index in [2.05, 4.69) is 16.7 Å². The standard InChI is InChI=1S/C16H26N4O2/c1-16(10-17,11-6-8-19-9-7-11)20-15(22)13-5-3-2-4-12(13)14(18)21/h11-13,19H,2-9H2,1H3,(H2,18,21)(H,20,22)/t12-,13+,16?/m0/s1. The predicted octanol–water partition coefficient (Wildman–Crippen LogP) is 0.676. The number of piperidine rings is 1. The maximum Gasteiger partial charge on any atom is 0.225 e. The summed E-state index contributed by atoms with van der Waals surface area (Å²) in [6.07, 6.45) is 4.94. The summed E-state index contributed by atoms with van der Waals surface area (Å²) in [6.45, 7) is 3.53. The van der Waals surface area contributed by atoms with Crippen molar-refractivity contribution in [3.63, 3.8) is 0 Å². The molecule has 22 heavy (non-hydrogen) atoms. The van der Waals surface area contributed by atoms with Gasteiger partial charge in [-0.2, -0.15) is 5.26 Å². The van der Waals surface area contributed by atoms with Crippen molar-refractivity contribution in [2.75, 3.05) is 13.1 Å². The van der Waals surface area contributed by atoms with Crippen LogP contribution in [0.1, 0.15) is 45.4 Å². The first-order valence-electron chi connectivity index (χ1n) is 8.21. The van der Waals surface area contributed by atoms with Crippen molar-refractivity contribution >= 4 is 11.8 Å². The van der Waals surface area contributed by atoms with Crippen molar-refractivity contribution < 1.29 is 9.59 Å². The van der Waals surface area contributed by atoms with Gasteiger partial charge in [-0.05, 0) is 51.6 Å². The Labute approximate surface area is 131 Å². The van der Waals surface area contributed by atoms with Crippen LogP contribution in [0.2, 0.25) is 0 Å². The maximum atomic E-state index is 12.6. The lowest BCUT2D eigenvalue weighted by molar-refractivity contribution is -0.136. The Morgan fingerprint density at radius 3 is 2.32 bits per heavy atom. The lowest BCUT2D eigenvalue weighted by Gasteiger charge is -2.37. The fourth-order valence-electron chi connectivity index (χ4n) is 3.75. The minimum absolute atomic E-state index is 0.137. The van der Waals surface area contributed by atoms with E-state index in [9.17, 15) is 14.9 Å². The van der Waals surface area contributed by atoms with Gasteiger partial charge in [0.25, 0.3) is 0 Å². The summed E-state index contributed by atoms with van der Waals surface area (Å²) in [4.78, 5) is 24.2. The molecule has 0 bridgehead atoms. The second-order valence-electron chi connectivity index (χ2n) is 6.73. The molecular formula is C16H26N4O2. The van der Waals surface area contributed by atoms with Crippen LogP contribution in [0.15, 0.2) is 0 Å². The molecule has 1 saturated carbocycles. The van der Waals surface area contributed by atoms with Gasteiger partial charge in [0.15, 0.2) is 0 Å². The Kier molecular flexibility index (Phi) is 5.41. The van der Waals surface area contributed by atoms with Crippen LogP contribution in [-0.2, 0) is 9.59 Å². The molecule has 0 radical (unpaired) electrons. The minimum Gasteiger partial charge on any atom is -0.369 e. The van der Waals surface area contributed by atoms with Crippen molar-refractivity contribution in [2.24, 2.45) is 23.5 Å². The number of nitrogens with two attached hydrogens (primary N) is 1. The summed E-state index contributed by atoms with van der Waals surface area (Å²) in [5.74, 6) is -1.24. The number of hydrogen-bond donors (Lipinski definition) is 3. The van der Waals surface area contributed by atoms with Gasteiger partial charge in [-0.3, -0.25) is 9.59 Å². The zero-order chi connectivity index (χ0) is 16.2. The molecule has 4 N–H and O–H groups in total. The summed E-state index contributed by atoms with van der Waals surface area (Å²) in [7, 11) is 0. The molecule has 3 atom stereocenters. The number of nitrogens with zero attached hydrogens (tertiary/aromatic N) is 1. The summed E-state index contributed by atoms with van der Waals surface area (Å²) >= 11 is 0. The van der Waals surface area contributed by atoms with Crippen molar-refractivity contribution in [3.05, 3.63) is 0 Å². The van der Waals surface area contributed by atoms with Gasteiger partial charge in [0.05, 0.1) is 6.07 Å². The molecule has 6 nitrogen and oxygen atoms in total. The first-order valence-corrected chi connectivity index (χ1v) is 8.21. The zero-order valence-electron chi connectivity index (χ0n) is 13.2. The number of carbonyl (C=O) groups excluding carboxylic acids is 2. The summed E-state index contributed by atoms with van der Waals surface area (Å²) in [6, 6.07) is 2.29. The molecule has 2 amide bonds. The van der Waals surface area contributed by atoms with Crippen LogP contribution < -0.4 is 16.4 Å². The van der Waals surface area contributed by atoms with E-state index < -0.39 is 17.4 Å². The maximum absolute atomic E-state index is 12.6. The van der Waals surface area contributed by atoms with E-state index in [0.717, 1.165) is 38.8 Å². The molecule has 1 saturated heterocycles. The Balaban J connectivity index is 2.07. The Morgan fingerprint density at radius 1 is 1.18 bits per heavy atom. The Morgan fingerprint density at radius 2 is 1.77 bits per heavy atom. The molecule has 0 aromatic rings. The number of nitrogens with one attached hydrogen (secondary N) is 2. The van der Waals surface area contributed by atoms with Gasteiger partial charge in [0.2, 0.25) is 11.8 Å². The van der Waals surface area contributed by atoms with Gasteiger partial charge in [0, 0.05) is 11.8 Å². The van der Waals surface area contributed by atoms with Crippen LogP contribution in [0, 0.1) is 29.1 Å². The first kappa shape index (κ1) is 16.8. The van der Waals surface area contributed by atoms with E-state index in [0.29, 0.717) is 12.8 Å². The summed E-state index contributed by atoms with van der Waals surface area (Å²) in [5, 5.41) is 15.8. The van der Waals surface area contributed by atoms with Crippen LogP contribution in [0.4, 0.5) is 0 Å². The summed E-state index contributed by atoms with van der Waals surface area (Å²) < 4.78 is 0. The SMILES string of the molecule is CC(C#N)(NC(=O)[C@@H]1CCCC[C@@H]1C(N)=O)C1CCNCC1. The Hall–Kier alpha value is -1.61. The van der Waals surface area contributed by atoms with Gasteiger partial charge < -0.3 is 16.4 Å². The highest BCUT2D eigenvalue weighted by molar-refractivity contribution is 5.87. The molecular weight excluding hydrogens is 280 g/mol. The Bertz CT molecular complexity index is 467. The van der Waals surface area contributed by atoms with Gasteiger partial charge in [-0.25, -0.2) is 0 Å². The number of carbonyl (C=O) groups is 2. The second-order valence-corrected chi connectivity index (χ2v) is 6.73. The molecule has 0 spiro atoms. The summed E-state index contributed by atoms with van der Waals surface area (Å²) in [5.41, 5.74) is 4.57. The van der Waals surface area contributed by atoms with Crippen molar-refractivity contribution in [1.82, 2.24) is 10.6 Å². The number of primary amides is 1. The van der Waals surface area contributed by atoms with Crippen molar-refractivity contribution in [1.29, 1.82) is 5.26 Å². The lowest BCUT2D eigenvalue weighted by Crippen LogP contribution is -2.56. The third-order valence-corrected chi connectivity index (χ3v) is 5.24. The number of amides is 2. The molecule has 2 rings (SSSR count). The highest BCUT2D eigenvalue weighted by Gasteiger charge is 2.41. The molecule has 0 aromatic carbocycles. The van der Waals surface area contributed by atoms with E-state index in [1.165, 1.54) is 0 Å². The van der Waals surface area contributed by atoms with Crippen LogP contribution in [0.25, 0.3) is 0 Å². The molecule has 122 valence electrons. The van der Waals surface area contributed by atoms with E-state index in [-0.39, 0.29) is 17.7 Å². The monoisotopic (exact) mass is 306 g/mol. The molecule has 0 aromatic heterocycles. The number of hydrogen-bond acceptors (Lipinski definition) is 4. The van der Waals surface area contributed by atoms with Gasteiger partial charge >= 0.3 is 0 Å². The average molecular weight is 306 g/mol. The van der Waals surface area contributed by atoms with Gasteiger partial charge in [-0.1, -0.05) is 12.8 Å². The first-order chi connectivity index (χ1) is 10.5. The van der Waals surface area contributed by atoms with Crippen LogP contribution in [0.3, 0.4) is 0 Å². The number of nitriles is 1. The fourth-order valence-corrected chi connectivity index (χ4v) is 3.75. The van der Waals surface area contributed by atoms with Gasteiger partial charge in [0.1, 0.15) is 5.54 Å². The molecule has 6 heteroatoms. The van der Waals surface area contributed by atoms with E-state index in [1.54, 1.807) is 6.92 Å². The smallest absolute Gasteiger partial charge is 0.225 e. The number of rotatable bonds is 4. The second kappa shape index (κ2) is 7.10. The topological polar surface area (TPSA) is 108 Å². The normalized spacial score (nSPS) is 29.1. The lowest BCUT2D eigenvalue weighted by atomic mass is 9.76. The highest BCUT2D eigenvalue weighted by atomic mass is 16.2. The van der Waals surface area contributed by atoms with E-state index >= 15 is 0 Å². The quantitative estimate of drug-likeness (QED) is 0.709. The van der Waals surface area contributed by atoms with E-state index in [4.69, 9.17) is 5.73 Å². The minimum atomic E-state index is -0.876. The van der Waals surface area contributed by atoms with Crippen molar-refractivity contribution in [3.8, 4) is 6.07 Å². The zero-order valence-corrected chi connectivity index (χ0v) is 13.2. The third-order valence-electron chi connectivity index (χ3n) is 5.24. The predicted molar refractivity (Wildman–Crippen MR) is 82.4 cm³/mol. The average Bonchev–Trinajstić information content (AvgIpc) is 2.55. The van der Waals surface area contributed by atoms with E-state index in [1.807, 2.05) is 0 Å². The molecule has 1 unspecified atom stereocenters. The van der Waals surface area contributed by atoms with Crippen LogP contribution in [0.5, 0.6) is 0 Å². The molecule has 1 aliphatic carbocycles. The molecule has 2 fully saturated rings. The molecule has 1 heterocycles. The molecule has 1 aliphatic heterocycles. The molecule has 2 aliphatic rings. The van der Waals surface area contributed by atoms with Gasteiger partial charge in [-0.15, -0.1) is 0 Å². The van der Waals surface area contributed by atoms with Crippen LogP contribution >= 0.6 is 0 Å². The third kappa shape index (κ3) is 3.58. The fraction of sp³-hybridized carbons (Fsp3) is 0.812. The van der Waals surface area contributed by atoms with Crippen molar-refractivity contribution in [2.45, 2.75) is 51.0 Å².